The molecule has 1 aromatic rings. The highest BCUT2D eigenvalue weighted by molar-refractivity contribution is 7.92. The first kappa shape index (κ1) is 18.5. The second kappa shape index (κ2) is 7.13. The molecule has 0 aliphatic rings. The van der Waals surface area contributed by atoms with Crippen LogP contribution in [0.5, 0.6) is 0 Å². The van der Waals surface area contributed by atoms with E-state index >= 15 is 0 Å². The van der Waals surface area contributed by atoms with Crippen LogP contribution < -0.4 is 10.6 Å². The highest BCUT2D eigenvalue weighted by Crippen LogP contribution is 2.15. The van der Waals surface area contributed by atoms with Crippen LogP contribution in [0.15, 0.2) is 9.41 Å². The summed E-state index contributed by atoms with van der Waals surface area (Å²) in [5, 5.41) is 6.02. The Kier molecular flexibility index (Phi) is 5.99. The molecule has 1 aromatic heterocycles. The normalized spacial score (nSPS) is 13.3. The van der Waals surface area contributed by atoms with E-state index in [0.717, 1.165) is 11.5 Å². The van der Waals surface area contributed by atoms with Crippen LogP contribution in [0.3, 0.4) is 0 Å². The van der Waals surface area contributed by atoms with Crippen molar-refractivity contribution in [3.63, 3.8) is 0 Å². The third kappa shape index (κ3) is 5.01. The smallest absolute Gasteiger partial charge is 0.214 e. The molecule has 126 valence electrons. The van der Waals surface area contributed by atoms with Crippen molar-refractivity contribution in [2.24, 2.45) is 4.99 Å². The van der Waals surface area contributed by atoms with E-state index in [-0.39, 0.29) is 5.75 Å². The summed E-state index contributed by atoms with van der Waals surface area (Å²) in [5.74, 6) is 1.92. The molecule has 0 amide bonds. The van der Waals surface area contributed by atoms with E-state index < -0.39 is 14.6 Å². The van der Waals surface area contributed by atoms with Gasteiger partial charge in [-0.3, -0.25) is 4.99 Å². The van der Waals surface area contributed by atoms with Crippen molar-refractivity contribution in [1.29, 1.82) is 0 Å². The summed E-state index contributed by atoms with van der Waals surface area (Å²) in [7, 11) is -1.52. The van der Waals surface area contributed by atoms with E-state index in [1.54, 1.807) is 27.8 Å². The van der Waals surface area contributed by atoms with Gasteiger partial charge in [-0.1, -0.05) is 0 Å². The van der Waals surface area contributed by atoms with Gasteiger partial charge in [-0.15, -0.1) is 0 Å². The summed E-state index contributed by atoms with van der Waals surface area (Å²) in [5.41, 5.74) is 0.857. The molecule has 0 bridgehead atoms. The number of aromatic nitrogens is 1. The Morgan fingerprint density at radius 3 is 2.36 bits per heavy atom. The van der Waals surface area contributed by atoms with Crippen LogP contribution in [0.25, 0.3) is 0 Å². The maximum Gasteiger partial charge on any atom is 0.214 e. The van der Waals surface area contributed by atoms with Crippen molar-refractivity contribution in [2.75, 3.05) is 19.3 Å². The maximum absolute atomic E-state index is 12.0. The third-order valence-corrected chi connectivity index (χ3v) is 5.91. The minimum atomic E-state index is -3.15. The average Bonchev–Trinajstić information content (AvgIpc) is 2.71. The van der Waals surface area contributed by atoms with Crippen molar-refractivity contribution >= 4 is 15.8 Å². The van der Waals surface area contributed by atoms with Gasteiger partial charge in [-0.2, -0.15) is 0 Å². The first-order chi connectivity index (χ1) is 10.1. The summed E-state index contributed by atoms with van der Waals surface area (Å²) in [6.07, 6.45) is 0. The molecular weight excluding hydrogens is 304 g/mol. The van der Waals surface area contributed by atoms with E-state index in [2.05, 4.69) is 20.6 Å². The van der Waals surface area contributed by atoms with Crippen LogP contribution in [-0.2, 0) is 16.4 Å². The molecule has 0 aromatic carbocycles. The van der Waals surface area contributed by atoms with Crippen molar-refractivity contribution in [3.05, 3.63) is 17.3 Å². The van der Waals surface area contributed by atoms with Crippen LogP contribution in [-0.4, -0.2) is 43.5 Å². The van der Waals surface area contributed by atoms with Gasteiger partial charge >= 0.3 is 0 Å². The second-order valence-electron chi connectivity index (χ2n) is 6.03. The SMILES string of the molecule is CN=C(NCCS(=O)(=O)C(C)(C)C)NCc1nc(C)c(C)o1. The average molecular weight is 330 g/mol. The zero-order chi connectivity index (χ0) is 17.0. The molecule has 0 spiro atoms. The highest BCUT2D eigenvalue weighted by Gasteiger charge is 2.28. The molecule has 0 aliphatic heterocycles. The summed E-state index contributed by atoms with van der Waals surface area (Å²) < 4.78 is 28.7. The Morgan fingerprint density at radius 1 is 1.27 bits per heavy atom. The predicted molar refractivity (Wildman–Crippen MR) is 87.7 cm³/mol. The first-order valence-electron chi connectivity index (χ1n) is 7.16. The molecule has 2 N–H and O–H groups in total. The molecule has 0 aliphatic carbocycles. The fourth-order valence-electron chi connectivity index (χ4n) is 1.60. The quantitative estimate of drug-likeness (QED) is 0.621. The third-order valence-electron chi connectivity index (χ3n) is 3.30. The lowest BCUT2D eigenvalue weighted by atomic mass is 10.3. The van der Waals surface area contributed by atoms with E-state index in [1.165, 1.54) is 0 Å². The molecule has 0 atom stereocenters. The number of guanidine groups is 1. The van der Waals surface area contributed by atoms with Gasteiger partial charge in [0, 0.05) is 13.6 Å². The highest BCUT2D eigenvalue weighted by atomic mass is 32.2. The lowest BCUT2D eigenvalue weighted by Crippen LogP contribution is -2.41. The lowest BCUT2D eigenvalue weighted by Gasteiger charge is -2.19. The minimum Gasteiger partial charge on any atom is -0.444 e. The number of aryl methyl sites for hydroxylation is 2. The minimum absolute atomic E-state index is 0.0500. The Labute approximate surface area is 132 Å². The number of rotatable bonds is 5. The van der Waals surface area contributed by atoms with Crippen LogP contribution in [0.1, 0.15) is 38.1 Å². The summed E-state index contributed by atoms with van der Waals surface area (Å²) in [6, 6.07) is 0. The number of nitrogens with zero attached hydrogens (tertiary/aromatic N) is 2. The Bertz CT molecular complexity index is 608. The standard InChI is InChI=1S/C14H26N4O3S/c1-10-11(2)21-12(18-10)9-17-13(15-6)16-7-8-22(19,20)14(3,4)5/h7-9H2,1-6H3,(H2,15,16,17). The van der Waals surface area contributed by atoms with Crippen LogP contribution >= 0.6 is 0 Å². The zero-order valence-corrected chi connectivity index (χ0v) is 15.0. The van der Waals surface area contributed by atoms with E-state index in [9.17, 15) is 8.42 Å². The number of hydrogen-bond donors (Lipinski definition) is 2. The number of hydrogen-bond acceptors (Lipinski definition) is 5. The molecule has 1 heterocycles. The van der Waals surface area contributed by atoms with Crippen molar-refractivity contribution in [2.45, 2.75) is 45.9 Å². The number of aliphatic imine (C=N–C) groups is 1. The second-order valence-corrected chi connectivity index (χ2v) is 8.90. The monoisotopic (exact) mass is 330 g/mol. The van der Waals surface area contributed by atoms with E-state index in [1.807, 2.05) is 13.8 Å². The van der Waals surface area contributed by atoms with Gasteiger partial charge in [0.2, 0.25) is 5.89 Å². The number of sulfone groups is 1. The molecule has 0 saturated heterocycles. The topological polar surface area (TPSA) is 96.6 Å². The molecule has 0 fully saturated rings. The lowest BCUT2D eigenvalue weighted by molar-refractivity contribution is 0.464. The fourth-order valence-corrected chi connectivity index (χ4v) is 2.59. The van der Waals surface area contributed by atoms with Gasteiger partial charge in [0.25, 0.3) is 0 Å². The first-order valence-corrected chi connectivity index (χ1v) is 8.82. The van der Waals surface area contributed by atoms with Gasteiger partial charge in [-0.25, -0.2) is 13.4 Å². The molecule has 7 nitrogen and oxygen atoms in total. The van der Waals surface area contributed by atoms with Crippen LogP contribution in [0, 0.1) is 13.8 Å². The molecule has 22 heavy (non-hydrogen) atoms. The van der Waals surface area contributed by atoms with Gasteiger partial charge in [0.05, 0.1) is 22.7 Å². The molecule has 8 heteroatoms. The predicted octanol–water partition coefficient (Wildman–Crippen LogP) is 1.17. The van der Waals surface area contributed by atoms with E-state index in [0.29, 0.717) is 24.9 Å². The molecule has 0 radical (unpaired) electrons. The Balaban J connectivity index is 2.47. The van der Waals surface area contributed by atoms with Gasteiger partial charge < -0.3 is 15.1 Å². The Hall–Kier alpha value is -1.57. The Morgan fingerprint density at radius 2 is 1.91 bits per heavy atom. The molecule has 0 unspecified atom stereocenters. The summed E-state index contributed by atoms with van der Waals surface area (Å²) >= 11 is 0. The van der Waals surface area contributed by atoms with Crippen LogP contribution in [0.2, 0.25) is 0 Å². The van der Waals surface area contributed by atoms with Gasteiger partial charge in [0.1, 0.15) is 5.76 Å². The number of nitrogens with one attached hydrogen (secondary N) is 2. The number of oxazole rings is 1. The summed E-state index contributed by atoms with van der Waals surface area (Å²) in [6.45, 7) is 9.51. The zero-order valence-electron chi connectivity index (χ0n) is 14.1. The largest absolute Gasteiger partial charge is 0.444 e. The van der Waals surface area contributed by atoms with Crippen molar-refractivity contribution in [3.8, 4) is 0 Å². The maximum atomic E-state index is 12.0. The summed E-state index contributed by atoms with van der Waals surface area (Å²) in [4.78, 5) is 8.30. The molecule has 1 rings (SSSR count). The van der Waals surface area contributed by atoms with Crippen LogP contribution in [0.4, 0.5) is 0 Å². The molecular formula is C14H26N4O3S. The van der Waals surface area contributed by atoms with Crippen molar-refractivity contribution in [1.82, 2.24) is 15.6 Å². The van der Waals surface area contributed by atoms with Gasteiger partial charge in [0.15, 0.2) is 15.8 Å². The molecule has 0 saturated carbocycles. The van der Waals surface area contributed by atoms with Gasteiger partial charge in [-0.05, 0) is 34.6 Å². The van der Waals surface area contributed by atoms with E-state index in [4.69, 9.17) is 4.42 Å². The van der Waals surface area contributed by atoms with Crippen molar-refractivity contribution < 1.29 is 12.8 Å². The fraction of sp³-hybridized carbons (Fsp3) is 0.714.